The molecule has 0 radical (unpaired) electrons. The van der Waals surface area contributed by atoms with Gasteiger partial charge in [0.25, 0.3) is 5.91 Å². The van der Waals surface area contributed by atoms with E-state index in [2.05, 4.69) is 0 Å². The van der Waals surface area contributed by atoms with Crippen LogP contribution in [0.15, 0.2) is 18.2 Å². The molecule has 2 rings (SSSR count). The average Bonchev–Trinajstić information content (AvgIpc) is 2.48. The maximum Gasteiger partial charge on any atom is 0.259 e. The first kappa shape index (κ1) is 19.3. The second-order valence-electron chi connectivity index (χ2n) is 6.51. The summed E-state index contributed by atoms with van der Waals surface area (Å²) in [5, 5.41) is -0.800. The molecule has 9 heteroatoms. The molecule has 6 nitrogen and oxygen atoms in total. The average molecular weight is 374 g/mol. The molecule has 138 valence electrons. The zero-order valence-electron chi connectivity index (χ0n) is 14.2. The van der Waals surface area contributed by atoms with Crippen molar-refractivity contribution < 1.29 is 26.8 Å². The standard InChI is InChI=1S/C16H20F2N2O4S/c1-10(2)25(23,24)19-15(22)16(3)6-7-20(16)14(21)9-11-8-12(17)4-5-13(11)18/h4-5,8,10H,6-7,9H2,1-3H3,(H,19,22). The molecule has 1 aliphatic rings. The van der Waals surface area contributed by atoms with Gasteiger partial charge in [-0.3, -0.25) is 14.3 Å². The van der Waals surface area contributed by atoms with E-state index in [-0.39, 0.29) is 18.5 Å². The second kappa shape index (κ2) is 6.70. The number of benzene rings is 1. The summed E-state index contributed by atoms with van der Waals surface area (Å²) in [5.41, 5.74) is -1.45. The van der Waals surface area contributed by atoms with Crippen LogP contribution in [0, 0.1) is 11.6 Å². The molecule has 0 bridgehead atoms. The highest BCUT2D eigenvalue weighted by Crippen LogP contribution is 2.31. The molecular weight excluding hydrogens is 354 g/mol. The topological polar surface area (TPSA) is 83.6 Å². The highest BCUT2D eigenvalue weighted by molar-refractivity contribution is 7.90. The zero-order chi connectivity index (χ0) is 19.0. The van der Waals surface area contributed by atoms with Crippen LogP contribution in [0.25, 0.3) is 0 Å². The molecular formula is C16H20F2N2O4S. The maximum absolute atomic E-state index is 13.7. The van der Waals surface area contributed by atoms with Crippen molar-refractivity contribution in [3.63, 3.8) is 0 Å². The van der Waals surface area contributed by atoms with Gasteiger partial charge in [-0.1, -0.05) is 0 Å². The van der Waals surface area contributed by atoms with E-state index >= 15 is 0 Å². The number of likely N-dealkylation sites (tertiary alicyclic amines) is 1. The first-order valence-electron chi connectivity index (χ1n) is 7.78. The van der Waals surface area contributed by atoms with Gasteiger partial charge in [0.1, 0.15) is 17.2 Å². The predicted octanol–water partition coefficient (Wildman–Crippen LogP) is 1.35. The molecule has 1 saturated heterocycles. The van der Waals surface area contributed by atoms with Gasteiger partial charge in [0.2, 0.25) is 15.9 Å². The van der Waals surface area contributed by atoms with E-state index in [1.54, 1.807) is 0 Å². The summed E-state index contributed by atoms with van der Waals surface area (Å²) in [7, 11) is -3.82. The molecule has 1 atom stereocenters. The van der Waals surface area contributed by atoms with Gasteiger partial charge in [-0.15, -0.1) is 0 Å². The van der Waals surface area contributed by atoms with Gasteiger partial charge in [0.15, 0.2) is 0 Å². The number of hydrogen-bond donors (Lipinski definition) is 1. The third-order valence-corrected chi connectivity index (χ3v) is 6.12. The van der Waals surface area contributed by atoms with Crippen molar-refractivity contribution in [1.82, 2.24) is 9.62 Å². The van der Waals surface area contributed by atoms with E-state index in [0.29, 0.717) is 0 Å². The normalized spacial score (nSPS) is 20.3. The maximum atomic E-state index is 13.7. The molecule has 1 aliphatic heterocycles. The number of sulfonamides is 1. The molecule has 1 unspecified atom stereocenters. The van der Waals surface area contributed by atoms with Crippen LogP contribution in [0.4, 0.5) is 8.78 Å². The largest absolute Gasteiger partial charge is 0.328 e. The van der Waals surface area contributed by atoms with Gasteiger partial charge in [-0.25, -0.2) is 17.2 Å². The van der Waals surface area contributed by atoms with Crippen molar-refractivity contribution in [3.05, 3.63) is 35.4 Å². The predicted molar refractivity (Wildman–Crippen MR) is 87.0 cm³/mol. The number of amides is 2. The fraction of sp³-hybridized carbons (Fsp3) is 0.500. The number of hydrogen-bond acceptors (Lipinski definition) is 4. The van der Waals surface area contributed by atoms with Gasteiger partial charge < -0.3 is 4.90 Å². The first-order valence-corrected chi connectivity index (χ1v) is 9.32. The summed E-state index contributed by atoms with van der Waals surface area (Å²) in [6.45, 7) is 4.53. The quantitative estimate of drug-likeness (QED) is 0.843. The van der Waals surface area contributed by atoms with Crippen LogP contribution < -0.4 is 4.72 Å². The van der Waals surface area contributed by atoms with Gasteiger partial charge in [0.05, 0.1) is 11.7 Å². The van der Waals surface area contributed by atoms with Crippen molar-refractivity contribution in [2.45, 2.75) is 44.4 Å². The highest BCUT2D eigenvalue weighted by Gasteiger charge is 2.50. The Morgan fingerprint density at radius 3 is 2.48 bits per heavy atom. The molecule has 0 spiro atoms. The van der Waals surface area contributed by atoms with Crippen molar-refractivity contribution in [2.75, 3.05) is 6.54 Å². The highest BCUT2D eigenvalue weighted by atomic mass is 32.2. The number of nitrogens with one attached hydrogen (secondary N) is 1. The van der Waals surface area contributed by atoms with Crippen LogP contribution >= 0.6 is 0 Å². The Labute approximate surface area is 145 Å². The third-order valence-electron chi connectivity index (χ3n) is 4.41. The molecule has 1 fully saturated rings. The van der Waals surface area contributed by atoms with Crippen LogP contribution in [0.1, 0.15) is 32.8 Å². The fourth-order valence-corrected chi connectivity index (χ4v) is 3.20. The smallest absolute Gasteiger partial charge is 0.259 e. The summed E-state index contributed by atoms with van der Waals surface area (Å²) < 4.78 is 52.6. The van der Waals surface area contributed by atoms with Crippen molar-refractivity contribution >= 4 is 21.8 Å². The van der Waals surface area contributed by atoms with Crippen molar-refractivity contribution in [2.24, 2.45) is 0 Å². The molecule has 1 N–H and O–H groups in total. The molecule has 1 heterocycles. The van der Waals surface area contributed by atoms with E-state index in [4.69, 9.17) is 0 Å². The Morgan fingerprint density at radius 2 is 1.96 bits per heavy atom. The molecule has 1 aromatic rings. The fourth-order valence-electron chi connectivity index (χ4n) is 2.49. The Hall–Kier alpha value is -2.03. The Morgan fingerprint density at radius 1 is 1.32 bits per heavy atom. The molecule has 1 aromatic carbocycles. The summed E-state index contributed by atoms with van der Waals surface area (Å²) in [4.78, 5) is 25.9. The number of rotatable bonds is 5. The lowest BCUT2D eigenvalue weighted by atomic mass is 9.85. The Kier molecular flexibility index (Phi) is 5.17. The van der Waals surface area contributed by atoms with E-state index in [1.807, 2.05) is 4.72 Å². The lowest BCUT2D eigenvalue weighted by Gasteiger charge is -2.49. The summed E-state index contributed by atoms with van der Waals surface area (Å²) in [6.07, 6.45) is -0.132. The Balaban J connectivity index is 2.13. The van der Waals surface area contributed by atoms with E-state index in [9.17, 15) is 26.8 Å². The number of carbonyl (C=O) groups is 2. The Bertz CT molecular complexity index is 810. The summed E-state index contributed by atoms with van der Waals surface area (Å²) >= 11 is 0. The molecule has 2 amide bonds. The van der Waals surface area contributed by atoms with Crippen LogP contribution in [-0.4, -0.2) is 42.5 Å². The van der Waals surface area contributed by atoms with Crippen LogP contribution in [-0.2, 0) is 26.0 Å². The van der Waals surface area contributed by atoms with Gasteiger partial charge in [-0.05, 0) is 45.4 Å². The lowest BCUT2D eigenvalue weighted by molar-refractivity contribution is -0.156. The van der Waals surface area contributed by atoms with Gasteiger partial charge in [-0.2, -0.15) is 0 Å². The summed E-state index contributed by atoms with van der Waals surface area (Å²) in [6, 6.07) is 2.80. The second-order valence-corrected chi connectivity index (χ2v) is 8.74. The molecule has 25 heavy (non-hydrogen) atoms. The molecule has 0 aromatic heterocycles. The van der Waals surface area contributed by atoms with E-state index < -0.39 is 50.7 Å². The minimum atomic E-state index is -3.82. The van der Waals surface area contributed by atoms with E-state index in [1.165, 1.54) is 25.7 Å². The minimum Gasteiger partial charge on any atom is -0.328 e. The minimum absolute atomic E-state index is 0.116. The molecule has 0 aliphatic carbocycles. The van der Waals surface area contributed by atoms with Crippen LogP contribution in [0.5, 0.6) is 0 Å². The van der Waals surface area contributed by atoms with Crippen LogP contribution in [0.2, 0.25) is 0 Å². The monoisotopic (exact) mass is 374 g/mol. The third kappa shape index (κ3) is 3.81. The lowest BCUT2D eigenvalue weighted by Crippen LogP contribution is -2.68. The SMILES string of the molecule is CC(C)S(=O)(=O)NC(=O)C1(C)CCN1C(=O)Cc1cc(F)ccc1F. The van der Waals surface area contributed by atoms with Crippen LogP contribution in [0.3, 0.4) is 0 Å². The van der Waals surface area contributed by atoms with E-state index in [0.717, 1.165) is 18.2 Å². The number of carbonyl (C=O) groups excluding carboxylic acids is 2. The van der Waals surface area contributed by atoms with Gasteiger partial charge >= 0.3 is 0 Å². The first-order chi connectivity index (χ1) is 11.5. The van der Waals surface area contributed by atoms with Crippen molar-refractivity contribution in [3.8, 4) is 0 Å². The van der Waals surface area contributed by atoms with Crippen molar-refractivity contribution in [1.29, 1.82) is 0 Å². The zero-order valence-corrected chi connectivity index (χ0v) is 15.0. The molecule has 0 saturated carbocycles. The van der Waals surface area contributed by atoms with Gasteiger partial charge in [0, 0.05) is 12.1 Å². The number of nitrogens with zero attached hydrogens (tertiary/aromatic N) is 1. The number of halogens is 2. The summed E-state index contributed by atoms with van der Waals surface area (Å²) in [5.74, 6) is -2.77.